The minimum Gasteiger partial charge on any atom is -0.459 e. The van der Waals surface area contributed by atoms with E-state index >= 15 is 0 Å². The van der Waals surface area contributed by atoms with Crippen molar-refractivity contribution in [3.63, 3.8) is 0 Å². The largest absolute Gasteiger partial charge is 0.459 e. The summed E-state index contributed by atoms with van der Waals surface area (Å²) < 4.78 is 18.4. The van der Waals surface area contributed by atoms with E-state index in [-0.39, 0.29) is 17.9 Å². The summed E-state index contributed by atoms with van der Waals surface area (Å²) in [7, 11) is 0. The molecule has 1 saturated heterocycles. The minimum atomic E-state index is -0.383. The van der Waals surface area contributed by atoms with Crippen LogP contribution in [0.3, 0.4) is 0 Å². The third kappa shape index (κ3) is 4.56. The summed E-state index contributed by atoms with van der Waals surface area (Å²) in [4.78, 5) is 14.4. The lowest BCUT2D eigenvalue weighted by molar-refractivity contribution is 0.0104. The van der Waals surface area contributed by atoms with E-state index in [1.54, 1.807) is 0 Å². The molecule has 0 N–H and O–H groups in total. The summed E-state index contributed by atoms with van der Waals surface area (Å²) in [6.07, 6.45) is 1.53. The first kappa shape index (κ1) is 16.9. The van der Waals surface area contributed by atoms with Gasteiger partial charge in [-0.25, -0.2) is 9.18 Å². The topological polar surface area (TPSA) is 29.5 Å². The second-order valence-corrected chi connectivity index (χ2v) is 6.45. The van der Waals surface area contributed by atoms with Crippen molar-refractivity contribution in [2.75, 3.05) is 13.1 Å². The van der Waals surface area contributed by atoms with E-state index in [9.17, 15) is 9.18 Å². The molecule has 1 fully saturated rings. The van der Waals surface area contributed by atoms with Gasteiger partial charge in [-0.15, -0.1) is 0 Å². The standard InChI is InChI=1S/C19H19ClFNO2/c20-16-5-1-14(2-6-16)13-22-11-9-18(10-12-22)24-19(23)15-3-7-17(21)8-4-15/h1-8,18H,9-13H2. The molecule has 0 bridgehead atoms. The quantitative estimate of drug-likeness (QED) is 0.772. The van der Waals surface area contributed by atoms with Gasteiger partial charge in [0, 0.05) is 24.7 Å². The van der Waals surface area contributed by atoms with E-state index in [0.717, 1.165) is 37.5 Å². The van der Waals surface area contributed by atoms with Crippen LogP contribution in [0.5, 0.6) is 0 Å². The zero-order chi connectivity index (χ0) is 16.9. The number of halogens is 2. The third-order valence-electron chi connectivity index (χ3n) is 4.21. The van der Waals surface area contributed by atoms with Crippen LogP contribution < -0.4 is 0 Å². The molecule has 0 radical (unpaired) electrons. The molecular formula is C19H19ClFNO2. The van der Waals surface area contributed by atoms with E-state index in [1.807, 2.05) is 24.3 Å². The Balaban J connectivity index is 1.47. The van der Waals surface area contributed by atoms with Crippen LogP contribution in [0.25, 0.3) is 0 Å². The Kier molecular flexibility index (Phi) is 5.48. The molecule has 0 aromatic heterocycles. The van der Waals surface area contributed by atoms with Gasteiger partial charge in [-0.3, -0.25) is 4.90 Å². The normalized spacial score (nSPS) is 16.1. The molecule has 0 unspecified atom stereocenters. The van der Waals surface area contributed by atoms with Crippen molar-refractivity contribution in [1.82, 2.24) is 4.90 Å². The highest BCUT2D eigenvalue weighted by atomic mass is 35.5. The maximum Gasteiger partial charge on any atom is 0.338 e. The van der Waals surface area contributed by atoms with Gasteiger partial charge in [0.25, 0.3) is 0 Å². The van der Waals surface area contributed by atoms with Crippen molar-refractivity contribution in [1.29, 1.82) is 0 Å². The van der Waals surface area contributed by atoms with Gasteiger partial charge in [0.05, 0.1) is 5.56 Å². The number of esters is 1. The Bertz CT molecular complexity index is 680. The highest BCUT2D eigenvalue weighted by Crippen LogP contribution is 2.19. The van der Waals surface area contributed by atoms with Crippen LogP contribution in [0, 0.1) is 5.82 Å². The number of ether oxygens (including phenoxy) is 1. The summed E-state index contributed by atoms with van der Waals surface area (Å²) in [5.41, 5.74) is 1.61. The molecule has 0 aliphatic carbocycles. The van der Waals surface area contributed by atoms with Gasteiger partial charge in [0.2, 0.25) is 0 Å². The zero-order valence-corrected chi connectivity index (χ0v) is 14.0. The van der Waals surface area contributed by atoms with Gasteiger partial charge < -0.3 is 4.74 Å². The summed E-state index contributed by atoms with van der Waals surface area (Å²) in [5.74, 6) is -0.742. The second-order valence-electron chi connectivity index (χ2n) is 6.01. The highest BCUT2D eigenvalue weighted by Gasteiger charge is 2.23. The SMILES string of the molecule is O=C(OC1CCN(Cc2ccc(Cl)cc2)CC1)c1ccc(F)cc1. The molecule has 0 amide bonds. The number of carbonyl (C=O) groups is 1. The number of hydrogen-bond acceptors (Lipinski definition) is 3. The Morgan fingerprint density at radius 3 is 2.33 bits per heavy atom. The first-order valence-electron chi connectivity index (χ1n) is 8.03. The van der Waals surface area contributed by atoms with Gasteiger partial charge in [-0.1, -0.05) is 23.7 Å². The van der Waals surface area contributed by atoms with Crippen LogP contribution in [-0.4, -0.2) is 30.1 Å². The van der Waals surface area contributed by atoms with Gasteiger partial charge in [-0.05, 0) is 54.8 Å². The van der Waals surface area contributed by atoms with E-state index in [1.165, 1.54) is 29.8 Å². The molecule has 1 aliphatic rings. The molecule has 0 atom stereocenters. The van der Waals surface area contributed by atoms with Crippen molar-refractivity contribution in [3.8, 4) is 0 Å². The van der Waals surface area contributed by atoms with Gasteiger partial charge in [0.15, 0.2) is 0 Å². The first-order valence-corrected chi connectivity index (χ1v) is 8.41. The van der Waals surface area contributed by atoms with Gasteiger partial charge >= 0.3 is 5.97 Å². The second kappa shape index (κ2) is 7.77. The Morgan fingerprint density at radius 2 is 1.71 bits per heavy atom. The third-order valence-corrected chi connectivity index (χ3v) is 4.46. The van der Waals surface area contributed by atoms with Crippen LogP contribution in [0.15, 0.2) is 48.5 Å². The smallest absolute Gasteiger partial charge is 0.338 e. The number of benzene rings is 2. The number of hydrogen-bond donors (Lipinski definition) is 0. The predicted molar refractivity (Wildman–Crippen MR) is 91.6 cm³/mol. The Labute approximate surface area is 146 Å². The molecular weight excluding hydrogens is 329 g/mol. The summed E-state index contributed by atoms with van der Waals surface area (Å²) >= 11 is 5.90. The Morgan fingerprint density at radius 1 is 1.08 bits per heavy atom. The van der Waals surface area contributed by atoms with E-state index < -0.39 is 0 Å². The van der Waals surface area contributed by atoms with E-state index in [2.05, 4.69) is 4.90 Å². The van der Waals surface area contributed by atoms with Crippen molar-refractivity contribution < 1.29 is 13.9 Å². The predicted octanol–water partition coefficient (Wildman–Crippen LogP) is 4.30. The molecule has 1 aliphatic heterocycles. The van der Waals surface area contributed by atoms with E-state index in [4.69, 9.17) is 16.3 Å². The number of piperidine rings is 1. The molecule has 2 aromatic carbocycles. The van der Waals surface area contributed by atoms with Crippen LogP contribution in [0.1, 0.15) is 28.8 Å². The van der Waals surface area contributed by atoms with Gasteiger partial charge in [-0.2, -0.15) is 0 Å². The fourth-order valence-corrected chi connectivity index (χ4v) is 2.96. The monoisotopic (exact) mass is 347 g/mol. The van der Waals surface area contributed by atoms with Crippen LogP contribution >= 0.6 is 11.6 Å². The van der Waals surface area contributed by atoms with Gasteiger partial charge in [0.1, 0.15) is 11.9 Å². The van der Waals surface area contributed by atoms with Crippen molar-refractivity contribution in [2.24, 2.45) is 0 Å². The number of nitrogens with zero attached hydrogens (tertiary/aromatic N) is 1. The maximum atomic E-state index is 12.9. The lowest BCUT2D eigenvalue weighted by Crippen LogP contribution is -2.37. The molecule has 1 heterocycles. The average Bonchev–Trinajstić information content (AvgIpc) is 2.59. The fraction of sp³-hybridized carbons (Fsp3) is 0.316. The van der Waals surface area contributed by atoms with Crippen LogP contribution in [0.2, 0.25) is 5.02 Å². The molecule has 0 saturated carbocycles. The number of carbonyl (C=O) groups excluding carboxylic acids is 1. The molecule has 24 heavy (non-hydrogen) atoms. The molecule has 3 nitrogen and oxygen atoms in total. The molecule has 0 spiro atoms. The number of rotatable bonds is 4. The number of likely N-dealkylation sites (tertiary alicyclic amines) is 1. The maximum absolute atomic E-state index is 12.9. The lowest BCUT2D eigenvalue weighted by Gasteiger charge is -2.31. The van der Waals surface area contributed by atoms with Crippen molar-refractivity contribution in [3.05, 3.63) is 70.5 Å². The van der Waals surface area contributed by atoms with Crippen molar-refractivity contribution >= 4 is 17.6 Å². The molecule has 126 valence electrons. The molecule has 5 heteroatoms. The van der Waals surface area contributed by atoms with Crippen LogP contribution in [-0.2, 0) is 11.3 Å². The summed E-state index contributed by atoms with van der Waals surface area (Å²) in [5, 5.41) is 0.741. The average molecular weight is 348 g/mol. The molecule has 2 aromatic rings. The summed E-state index contributed by atoms with van der Waals surface area (Å²) in [6, 6.07) is 13.3. The summed E-state index contributed by atoms with van der Waals surface area (Å²) in [6.45, 7) is 2.63. The van der Waals surface area contributed by atoms with Crippen molar-refractivity contribution in [2.45, 2.75) is 25.5 Å². The fourth-order valence-electron chi connectivity index (χ4n) is 2.84. The minimum absolute atomic E-state index is 0.0796. The van der Waals surface area contributed by atoms with E-state index in [0.29, 0.717) is 5.56 Å². The van der Waals surface area contributed by atoms with Crippen LogP contribution in [0.4, 0.5) is 4.39 Å². The lowest BCUT2D eigenvalue weighted by atomic mass is 10.1. The highest BCUT2D eigenvalue weighted by molar-refractivity contribution is 6.30. The first-order chi connectivity index (χ1) is 11.6. The zero-order valence-electron chi connectivity index (χ0n) is 13.3. The molecule has 3 rings (SSSR count). The Hall–Kier alpha value is -1.91.